The van der Waals surface area contributed by atoms with Gasteiger partial charge in [0.1, 0.15) is 56.7 Å². The average molecular weight is 1050 g/mol. The molecule has 0 aliphatic carbocycles. The van der Waals surface area contributed by atoms with Gasteiger partial charge in [-0.2, -0.15) is 19.2 Å². The Bertz CT molecular complexity index is 2770. The number of aliphatic hydroxyl groups is 1. The number of ether oxygens (including phenoxy) is 2. The Balaban J connectivity index is 1.28. The number of imidazole rings is 2. The number of aromatic nitrogens is 8. The molecule has 0 saturated carbocycles. The quantitative estimate of drug-likeness (QED) is 0.0370. The Kier molecular flexibility index (Phi) is 16.0. The van der Waals surface area contributed by atoms with Crippen LogP contribution in [0.5, 0.6) is 0 Å². The van der Waals surface area contributed by atoms with Crippen molar-refractivity contribution >= 4 is 67.1 Å². The van der Waals surface area contributed by atoms with Crippen molar-refractivity contribution in [3.8, 4) is 6.07 Å². The van der Waals surface area contributed by atoms with Gasteiger partial charge in [0.25, 0.3) is 11.5 Å². The summed E-state index contributed by atoms with van der Waals surface area (Å²) in [4.78, 5) is 72.7. The number of nitrogens with one attached hydrogen (secondary N) is 2. The molecule has 24 nitrogen and oxygen atoms in total. The molecule has 10 atom stereocenters. The highest BCUT2D eigenvalue weighted by atomic mass is 31.2. The van der Waals surface area contributed by atoms with Crippen LogP contribution in [0.25, 0.3) is 22.3 Å². The van der Waals surface area contributed by atoms with Gasteiger partial charge in [-0.1, -0.05) is 59.7 Å². The number of amides is 1. The van der Waals surface area contributed by atoms with Gasteiger partial charge >= 0.3 is 16.4 Å². The standard InChI is InChI=1S/C42H58N10O14P2Si2/c1-41(2,3)69(7,8)65-31-27(62-39(30(31)53)51-24-49-29-36(51)46-22-47-38(29)55)20-61-68(58,60-18-14-17-43)64-33-32(66-70(9,10)42(4,5)6)26(19-59-67(56)57)63-40(33)52-23-48-28-34(44-21-45-35(28)52)50-37(54)25-15-12-11-13-16-25/h11-13,15-16,21-24,26-27,30-33,39-40,53,58H,14,18-20H2,1-10H3,(H-2,44,45,46,47,50,54,55,56,57)/p+2/t26?,27?,30-,31-,32-,33-,39?,40?,68?/m1/s1. The molecule has 0 bridgehead atoms. The fraction of sp³-hybridized carbons (Fsp3) is 0.571. The maximum atomic E-state index is 13.3. The second-order valence-corrected chi connectivity index (χ2v) is 31.7. The molecular formula is C42H60N10O14P2Si2+2. The largest absolute Gasteiger partial charge is 0.694 e. The SMILES string of the molecule is CC(C)(C)[Si](C)(C)O[C@@H]1C(CO[P+](O)(OCCC#N)O[C@H]2C(n3cnc4c(NC(=O)c5ccccc5)ncnc43)OC(CO[P+](=O)O)[C@H]2O[Si](C)(C)C(C)(C)C)OC(n2cnc3c(=O)[nH]cnc32)[C@@H]1O. The van der Waals surface area contributed by atoms with Crippen LogP contribution in [0.4, 0.5) is 5.82 Å². The summed E-state index contributed by atoms with van der Waals surface area (Å²) in [5, 5.41) is 23.7. The molecule has 378 valence electrons. The van der Waals surface area contributed by atoms with Crippen LogP contribution in [-0.2, 0) is 41.0 Å². The number of H-pyrrole nitrogens is 1. The van der Waals surface area contributed by atoms with Crippen molar-refractivity contribution in [1.29, 1.82) is 5.26 Å². The van der Waals surface area contributed by atoms with E-state index >= 15 is 0 Å². The number of rotatable bonds is 19. The molecule has 1 aromatic carbocycles. The minimum Gasteiger partial charge on any atom is -0.408 e. The zero-order chi connectivity index (χ0) is 51.0. The van der Waals surface area contributed by atoms with Crippen molar-refractivity contribution in [1.82, 2.24) is 39.0 Å². The van der Waals surface area contributed by atoms with E-state index < -0.39 is 112 Å². The van der Waals surface area contributed by atoms with Crippen molar-refractivity contribution < 1.29 is 60.7 Å². The number of fused-ring (bicyclic) bond motifs is 2. The first-order valence-corrected chi connectivity index (χ1v) is 30.8. The monoisotopic (exact) mass is 1050 g/mol. The Labute approximate surface area is 406 Å². The predicted octanol–water partition coefficient (Wildman–Crippen LogP) is 5.82. The number of anilines is 1. The summed E-state index contributed by atoms with van der Waals surface area (Å²) < 4.78 is 66.0. The van der Waals surface area contributed by atoms with Crippen molar-refractivity contribution in [2.45, 2.75) is 133 Å². The molecule has 4 aromatic heterocycles. The lowest BCUT2D eigenvalue weighted by Crippen LogP contribution is -2.50. The minimum absolute atomic E-state index is 0.0159. The molecule has 1 amide bonds. The topological polar surface area (TPSA) is 312 Å². The van der Waals surface area contributed by atoms with Gasteiger partial charge in [0.2, 0.25) is 0 Å². The van der Waals surface area contributed by atoms with Gasteiger partial charge in [0.15, 0.2) is 63.3 Å². The summed E-state index contributed by atoms with van der Waals surface area (Å²) >= 11 is 0. The number of benzene rings is 1. The maximum Gasteiger partial charge on any atom is 0.694 e. The summed E-state index contributed by atoms with van der Waals surface area (Å²) in [5.41, 5.74) is 0.334. The van der Waals surface area contributed by atoms with Gasteiger partial charge in [-0.05, 0) is 48.4 Å². The summed E-state index contributed by atoms with van der Waals surface area (Å²) in [6.45, 7) is 18.7. The summed E-state index contributed by atoms with van der Waals surface area (Å²) in [6, 6.07) is 10.5. The number of carbonyl (C=O) groups is 1. The van der Waals surface area contributed by atoms with Crippen molar-refractivity contribution in [3.05, 3.63) is 71.6 Å². The number of nitriles is 1. The van der Waals surface area contributed by atoms with Crippen LogP contribution in [-0.4, -0.2) is 133 Å². The van der Waals surface area contributed by atoms with Gasteiger partial charge in [0.05, 0.1) is 31.5 Å². The predicted molar refractivity (Wildman–Crippen MR) is 258 cm³/mol. The van der Waals surface area contributed by atoms with E-state index in [1.807, 2.05) is 73.8 Å². The first-order chi connectivity index (χ1) is 32.8. The molecule has 2 fully saturated rings. The molecule has 5 aromatic rings. The molecule has 0 radical (unpaired) electrons. The van der Waals surface area contributed by atoms with Crippen molar-refractivity contribution in [3.63, 3.8) is 0 Å². The lowest BCUT2D eigenvalue weighted by molar-refractivity contribution is -0.0694. The maximum absolute atomic E-state index is 13.3. The van der Waals surface area contributed by atoms with E-state index in [1.54, 1.807) is 30.3 Å². The molecule has 70 heavy (non-hydrogen) atoms. The molecule has 28 heteroatoms. The fourth-order valence-electron chi connectivity index (χ4n) is 7.30. The number of aromatic amines is 1. The average Bonchev–Trinajstić information content (AvgIpc) is 4.06. The molecule has 2 aliphatic heterocycles. The third kappa shape index (κ3) is 11.4. The van der Waals surface area contributed by atoms with E-state index in [4.69, 9.17) is 36.4 Å². The van der Waals surface area contributed by atoms with Crippen LogP contribution in [0.2, 0.25) is 36.3 Å². The van der Waals surface area contributed by atoms with E-state index in [9.17, 15) is 34.3 Å². The highest BCUT2D eigenvalue weighted by Crippen LogP contribution is 2.62. The number of hydrogen-bond donors (Lipinski definition) is 5. The van der Waals surface area contributed by atoms with Crippen LogP contribution in [0.1, 0.15) is 70.8 Å². The molecule has 6 heterocycles. The van der Waals surface area contributed by atoms with Gasteiger partial charge in [-0.3, -0.25) is 18.7 Å². The third-order valence-electron chi connectivity index (χ3n) is 13.1. The molecular weight excluding hydrogens is 987 g/mol. The van der Waals surface area contributed by atoms with E-state index in [2.05, 4.69) is 35.2 Å². The second kappa shape index (κ2) is 21.0. The second-order valence-electron chi connectivity index (χ2n) is 19.8. The Hall–Kier alpha value is -4.40. The van der Waals surface area contributed by atoms with E-state index in [1.165, 1.54) is 34.4 Å². The summed E-state index contributed by atoms with van der Waals surface area (Å²) in [5.74, 6) is -0.384. The van der Waals surface area contributed by atoms with Crippen molar-refractivity contribution in [2.75, 3.05) is 25.1 Å². The summed E-state index contributed by atoms with van der Waals surface area (Å²) in [6.07, 6.45) is -4.87. The first kappa shape index (κ1) is 53.4. The van der Waals surface area contributed by atoms with E-state index in [0.717, 1.165) is 0 Å². The Morgan fingerprint density at radius 1 is 0.871 bits per heavy atom. The molecule has 6 unspecified atom stereocenters. The van der Waals surface area contributed by atoms with Gasteiger partial charge in [0, 0.05) is 10.1 Å². The summed E-state index contributed by atoms with van der Waals surface area (Å²) in [7, 11) is -13.3. The van der Waals surface area contributed by atoms with Crippen LogP contribution >= 0.6 is 16.4 Å². The smallest absolute Gasteiger partial charge is 0.408 e. The van der Waals surface area contributed by atoms with Crippen molar-refractivity contribution in [2.24, 2.45) is 0 Å². The normalized spacial score (nSPS) is 24.5. The van der Waals surface area contributed by atoms with Gasteiger partial charge in [-0.25, -0.2) is 24.9 Å². The molecule has 0 spiro atoms. The molecule has 7 rings (SSSR count). The first-order valence-electron chi connectivity index (χ1n) is 22.4. The highest BCUT2D eigenvalue weighted by Gasteiger charge is 2.61. The highest BCUT2D eigenvalue weighted by molar-refractivity contribution is 7.55. The van der Waals surface area contributed by atoms with Crippen LogP contribution in [0.15, 0.2) is 60.4 Å². The fourth-order valence-corrected chi connectivity index (χ4v) is 11.6. The zero-order valence-electron chi connectivity index (χ0n) is 40.4. The van der Waals surface area contributed by atoms with Gasteiger partial charge in [-0.15, -0.1) is 13.9 Å². The van der Waals surface area contributed by atoms with Crippen LogP contribution < -0.4 is 10.9 Å². The zero-order valence-corrected chi connectivity index (χ0v) is 44.2. The van der Waals surface area contributed by atoms with Crippen LogP contribution in [0.3, 0.4) is 0 Å². The lowest BCUT2D eigenvalue weighted by Gasteiger charge is -2.40. The number of aliphatic hydroxyl groups excluding tert-OH is 1. The Morgan fingerprint density at radius 2 is 1.47 bits per heavy atom. The van der Waals surface area contributed by atoms with Gasteiger partial charge < -0.3 is 33.7 Å². The molecule has 2 aliphatic rings. The van der Waals surface area contributed by atoms with Crippen LogP contribution in [0, 0.1) is 11.3 Å². The molecule has 2 saturated heterocycles. The Morgan fingerprint density at radius 3 is 2.11 bits per heavy atom. The minimum atomic E-state index is -4.68. The third-order valence-corrected chi connectivity index (χ3v) is 23.9. The number of carbonyl (C=O) groups excluding carboxylic acids is 1. The number of hydrogen-bond acceptors (Lipinski definition) is 19. The lowest BCUT2D eigenvalue weighted by atomic mass is 10.1. The number of nitrogens with zero attached hydrogens (tertiary/aromatic N) is 8. The van der Waals surface area contributed by atoms with E-state index in [-0.39, 0.29) is 46.2 Å². The van der Waals surface area contributed by atoms with E-state index in [0.29, 0.717) is 5.56 Å². The molecule has 5 N–H and O–H groups in total.